The number of nitrogens with zero attached hydrogens (tertiary/aromatic N) is 4. The number of aromatic nitrogens is 4. The van der Waals surface area contributed by atoms with E-state index in [0.29, 0.717) is 6.04 Å². The predicted octanol–water partition coefficient (Wildman–Crippen LogP) is 2.07. The molecule has 5 nitrogen and oxygen atoms in total. The van der Waals surface area contributed by atoms with Crippen molar-refractivity contribution in [2.75, 3.05) is 0 Å². The number of rotatable bonds is 4. The summed E-state index contributed by atoms with van der Waals surface area (Å²) in [6.07, 6.45) is 4.36. The average molecular weight is 265 g/mol. The Kier molecular flexibility index (Phi) is 2.70. The van der Waals surface area contributed by atoms with Crippen molar-refractivity contribution in [2.24, 2.45) is 0 Å². The van der Waals surface area contributed by atoms with E-state index in [2.05, 4.69) is 26.7 Å². The molecule has 5 heteroatoms. The zero-order chi connectivity index (χ0) is 13.4. The Balaban J connectivity index is 1.76. The van der Waals surface area contributed by atoms with E-state index in [1.54, 1.807) is 6.20 Å². The first-order valence-electron chi connectivity index (χ1n) is 6.90. The van der Waals surface area contributed by atoms with Crippen LogP contribution < -0.4 is 5.32 Å². The Labute approximate surface area is 116 Å². The van der Waals surface area contributed by atoms with Gasteiger partial charge in [-0.05, 0) is 31.0 Å². The van der Waals surface area contributed by atoms with Crippen LogP contribution in [-0.4, -0.2) is 26.0 Å². The molecule has 20 heavy (non-hydrogen) atoms. The van der Waals surface area contributed by atoms with Crippen molar-refractivity contribution in [3.63, 3.8) is 0 Å². The van der Waals surface area contributed by atoms with Gasteiger partial charge in [0.15, 0.2) is 5.82 Å². The van der Waals surface area contributed by atoms with E-state index in [0.717, 1.165) is 29.0 Å². The number of hydrogen-bond acceptors (Lipinski definition) is 4. The molecule has 0 spiro atoms. The molecule has 0 atom stereocenters. The topological polar surface area (TPSA) is 55.6 Å². The third-order valence-electron chi connectivity index (χ3n) is 3.58. The van der Waals surface area contributed by atoms with Gasteiger partial charge in [-0.25, -0.2) is 4.98 Å². The molecule has 0 aliphatic heterocycles. The maximum Gasteiger partial charge on any atom is 0.160 e. The minimum Gasteiger partial charge on any atom is -0.310 e. The van der Waals surface area contributed by atoms with Crippen LogP contribution >= 0.6 is 0 Å². The molecule has 1 aliphatic carbocycles. The number of para-hydroxylation sites is 1. The highest BCUT2D eigenvalue weighted by atomic mass is 15.4. The first-order chi connectivity index (χ1) is 9.92. The van der Waals surface area contributed by atoms with Crippen molar-refractivity contribution in [3.05, 3.63) is 48.2 Å². The molecule has 2 aromatic heterocycles. The molecule has 1 saturated carbocycles. The molecular weight excluding hydrogens is 250 g/mol. The summed E-state index contributed by atoms with van der Waals surface area (Å²) in [5.74, 6) is 0.856. The molecule has 0 radical (unpaired) electrons. The van der Waals surface area contributed by atoms with Crippen LogP contribution in [0.4, 0.5) is 0 Å². The SMILES string of the molecule is c1cnc(-n2nnc3ccccc32)c(CNC2CC2)c1. The van der Waals surface area contributed by atoms with Crippen molar-refractivity contribution in [3.8, 4) is 5.82 Å². The number of benzene rings is 1. The molecule has 4 rings (SSSR count). The summed E-state index contributed by atoms with van der Waals surface area (Å²) in [5, 5.41) is 12.0. The molecule has 1 aliphatic rings. The maximum atomic E-state index is 4.49. The van der Waals surface area contributed by atoms with Crippen LogP contribution in [0.3, 0.4) is 0 Å². The van der Waals surface area contributed by atoms with Crippen molar-refractivity contribution < 1.29 is 0 Å². The molecule has 100 valence electrons. The molecule has 1 N–H and O–H groups in total. The summed E-state index contributed by atoms with van der Waals surface area (Å²) in [7, 11) is 0. The Morgan fingerprint density at radius 1 is 1.15 bits per heavy atom. The fourth-order valence-electron chi connectivity index (χ4n) is 2.33. The van der Waals surface area contributed by atoms with E-state index in [9.17, 15) is 0 Å². The zero-order valence-electron chi connectivity index (χ0n) is 11.0. The van der Waals surface area contributed by atoms with Crippen molar-refractivity contribution in [1.82, 2.24) is 25.3 Å². The first kappa shape index (κ1) is 11.5. The second kappa shape index (κ2) is 4.68. The number of hydrogen-bond donors (Lipinski definition) is 1. The summed E-state index contributed by atoms with van der Waals surface area (Å²) < 4.78 is 1.82. The van der Waals surface area contributed by atoms with E-state index < -0.39 is 0 Å². The lowest BCUT2D eigenvalue weighted by Gasteiger charge is -2.09. The van der Waals surface area contributed by atoms with Crippen LogP contribution in [0.5, 0.6) is 0 Å². The quantitative estimate of drug-likeness (QED) is 0.784. The van der Waals surface area contributed by atoms with Crippen LogP contribution in [0.15, 0.2) is 42.6 Å². The summed E-state index contributed by atoms with van der Waals surface area (Å²) in [6.45, 7) is 0.821. The molecule has 0 unspecified atom stereocenters. The van der Waals surface area contributed by atoms with Crippen LogP contribution in [0, 0.1) is 0 Å². The van der Waals surface area contributed by atoms with Gasteiger partial charge in [-0.1, -0.05) is 23.4 Å². The van der Waals surface area contributed by atoms with E-state index in [4.69, 9.17) is 0 Å². The van der Waals surface area contributed by atoms with Crippen molar-refractivity contribution >= 4 is 11.0 Å². The second-order valence-corrected chi connectivity index (χ2v) is 5.13. The van der Waals surface area contributed by atoms with Crippen molar-refractivity contribution in [1.29, 1.82) is 0 Å². The third-order valence-corrected chi connectivity index (χ3v) is 3.58. The summed E-state index contributed by atoms with van der Waals surface area (Å²) in [6, 6.07) is 12.7. The molecule has 0 amide bonds. The molecule has 2 heterocycles. The molecule has 0 bridgehead atoms. The van der Waals surface area contributed by atoms with Gasteiger partial charge in [0.2, 0.25) is 0 Å². The summed E-state index contributed by atoms with van der Waals surface area (Å²) >= 11 is 0. The maximum absolute atomic E-state index is 4.49. The summed E-state index contributed by atoms with van der Waals surface area (Å²) in [5.41, 5.74) is 3.02. The van der Waals surface area contributed by atoms with E-state index in [1.165, 1.54) is 12.8 Å². The van der Waals surface area contributed by atoms with Gasteiger partial charge in [0.05, 0.1) is 5.52 Å². The van der Waals surface area contributed by atoms with Gasteiger partial charge in [-0.2, -0.15) is 4.68 Å². The summed E-state index contributed by atoms with van der Waals surface area (Å²) in [4.78, 5) is 4.49. The van der Waals surface area contributed by atoms with Crippen molar-refractivity contribution in [2.45, 2.75) is 25.4 Å². The standard InChI is InChI=1S/C15H15N5/c1-2-6-14-13(5-1)18-19-20(14)15-11(4-3-9-16-15)10-17-12-7-8-12/h1-6,9,12,17H,7-8,10H2. The van der Waals surface area contributed by atoms with Gasteiger partial charge in [0.1, 0.15) is 5.52 Å². The molecule has 3 aromatic rings. The fraction of sp³-hybridized carbons (Fsp3) is 0.267. The van der Waals surface area contributed by atoms with Crippen LogP contribution in [0.2, 0.25) is 0 Å². The number of pyridine rings is 1. The van der Waals surface area contributed by atoms with Gasteiger partial charge in [-0.3, -0.25) is 0 Å². The monoisotopic (exact) mass is 265 g/mol. The second-order valence-electron chi connectivity index (χ2n) is 5.13. The largest absolute Gasteiger partial charge is 0.310 e. The number of fused-ring (bicyclic) bond motifs is 1. The average Bonchev–Trinajstić information content (AvgIpc) is 3.23. The fourth-order valence-corrected chi connectivity index (χ4v) is 2.33. The molecule has 1 fully saturated rings. The van der Waals surface area contributed by atoms with Gasteiger partial charge in [0.25, 0.3) is 0 Å². The highest BCUT2D eigenvalue weighted by molar-refractivity contribution is 5.75. The third kappa shape index (κ3) is 2.06. The number of nitrogens with one attached hydrogen (secondary N) is 1. The zero-order valence-corrected chi connectivity index (χ0v) is 11.0. The highest BCUT2D eigenvalue weighted by Gasteiger charge is 2.21. The molecular formula is C15H15N5. The smallest absolute Gasteiger partial charge is 0.160 e. The minimum absolute atomic E-state index is 0.676. The van der Waals surface area contributed by atoms with E-state index in [1.807, 2.05) is 35.0 Å². The Morgan fingerprint density at radius 3 is 2.95 bits per heavy atom. The van der Waals surface area contributed by atoms with Gasteiger partial charge in [-0.15, -0.1) is 5.10 Å². The first-order valence-corrected chi connectivity index (χ1v) is 6.90. The molecule has 0 saturated heterocycles. The lowest BCUT2D eigenvalue weighted by Crippen LogP contribution is -2.17. The lowest BCUT2D eigenvalue weighted by atomic mass is 10.2. The van der Waals surface area contributed by atoms with E-state index in [-0.39, 0.29) is 0 Å². The normalized spacial score (nSPS) is 14.8. The predicted molar refractivity (Wildman–Crippen MR) is 76.5 cm³/mol. The Hall–Kier alpha value is -2.27. The minimum atomic E-state index is 0.676. The Bertz CT molecular complexity index is 745. The van der Waals surface area contributed by atoms with E-state index >= 15 is 0 Å². The van der Waals surface area contributed by atoms with Crippen LogP contribution in [-0.2, 0) is 6.54 Å². The van der Waals surface area contributed by atoms with Crippen LogP contribution in [0.25, 0.3) is 16.9 Å². The molecule has 1 aromatic carbocycles. The Morgan fingerprint density at radius 2 is 2.05 bits per heavy atom. The highest BCUT2D eigenvalue weighted by Crippen LogP contribution is 2.21. The van der Waals surface area contributed by atoms with Gasteiger partial charge < -0.3 is 5.32 Å². The van der Waals surface area contributed by atoms with Crippen LogP contribution in [0.1, 0.15) is 18.4 Å². The van der Waals surface area contributed by atoms with Gasteiger partial charge in [0, 0.05) is 24.3 Å². The lowest BCUT2D eigenvalue weighted by molar-refractivity contribution is 0.675. The van der Waals surface area contributed by atoms with Gasteiger partial charge >= 0.3 is 0 Å².